The molecule has 0 aliphatic carbocycles. The van der Waals surface area contributed by atoms with E-state index in [9.17, 15) is 14.0 Å². The maximum absolute atomic E-state index is 13.0. The molecule has 0 N–H and O–H groups in total. The van der Waals surface area contributed by atoms with Gasteiger partial charge in [-0.2, -0.15) is 0 Å². The van der Waals surface area contributed by atoms with Crippen LogP contribution in [0, 0.1) is 10.2 Å². The third-order valence-electron chi connectivity index (χ3n) is 7.58. The standard InChI is InChI=1S/C36H29ClO4P2/c38-37(39,40)41-43(33-22-10-3-11-23-33,34-24-12-4-13-25-34,35-26-14-5-15-27-35)36-28-16-21-32(29-36)42(30-17-6-1-7-18-30)31-19-8-2-9-20-31/h1-29H. The first-order chi connectivity index (χ1) is 20.9. The fourth-order valence-electron chi connectivity index (χ4n) is 5.86. The van der Waals surface area contributed by atoms with Crippen LogP contribution in [0.4, 0.5) is 0 Å². The molecule has 0 unspecified atom stereocenters. The summed E-state index contributed by atoms with van der Waals surface area (Å²) in [4.78, 5) is 0. The zero-order valence-corrected chi connectivity index (χ0v) is 25.7. The predicted molar refractivity (Wildman–Crippen MR) is 171 cm³/mol. The maximum atomic E-state index is 13.0. The minimum absolute atomic E-state index is 0.610. The van der Waals surface area contributed by atoms with Crippen LogP contribution in [0.5, 0.6) is 0 Å². The first-order valence-electron chi connectivity index (χ1n) is 13.7. The second kappa shape index (κ2) is 12.1. The van der Waals surface area contributed by atoms with Gasteiger partial charge in [-0.3, -0.25) is 0 Å². The summed E-state index contributed by atoms with van der Waals surface area (Å²) in [6.07, 6.45) is 0. The fraction of sp³-hybridized carbons (Fsp3) is 0. The van der Waals surface area contributed by atoms with E-state index in [1.165, 1.54) is 0 Å². The molecule has 6 aromatic rings. The molecule has 6 aromatic carbocycles. The van der Waals surface area contributed by atoms with Crippen LogP contribution in [-0.4, -0.2) is 0 Å². The Labute approximate surface area is 255 Å². The van der Waals surface area contributed by atoms with Crippen LogP contribution in [-0.2, 0) is 4.08 Å². The van der Waals surface area contributed by atoms with Crippen molar-refractivity contribution in [3.63, 3.8) is 0 Å². The van der Waals surface area contributed by atoms with Crippen LogP contribution in [0.3, 0.4) is 0 Å². The van der Waals surface area contributed by atoms with Gasteiger partial charge >= 0.3 is 256 Å². The van der Waals surface area contributed by atoms with Crippen LogP contribution >= 0.6 is 14.8 Å². The summed E-state index contributed by atoms with van der Waals surface area (Å²) in [5, 5.41) is 5.76. The van der Waals surface area contributed by atoms with Crippen molar-refractivity contribution in [1.29, 1.82) is 0 Å². The molecule has 0 bridgehead atoms. The first kappa shape index (κ1) is 29.4. The third kappa shape index (κ3) is 5.33. The molecular formula is C36H29ClO4P2. The zero-order valence-electron chi connectivity index (χ0n) is 23.1. The molecule has 0 fully saturated rings. The van der Waals surface area contributed by atoms with E-state index in [4.69, 9.17) is 4.08 Å². The van der Waals surface area contributed by atoms with Crippen LogP contribution in [0.1, 0.15) is 0 Å². The topological polar surface area (TPSA) is 78.4 Å². The van der Waals surface area contributed by atoms with Gasteiger partial charge in [-0.15, -0.1) is 0 Å². The molecule has 0 amide bonds. The van der Waals surface area contributed by atoms with Gasteiger partial charge in [-0.05, 0) is 0 Å². The van der Waals surface area contributed by atoms with Gasteiger partial charge in [0.05, 0.1) is 0 Å². The number of benzene rings is 6. The molecule has 0 radical (unpaired) electrons. The quantitative estimate of drug-likeness (QED) is 0.232. The van der Waals surface area contributed by atoms with E-state index in [1.54, 1.807) is 0 Å². The van der Waals surface area contributed by atoms with Gasteiger partial charge < -0.3 is 0 Å². The Morgan fingerprint density at radius 2 is 0.721 bits per heavy atom. The van der Waals surface area contributed by atoms with E-state index >= 15 is 0 Å². The molecule has 0 heterocycles. The summed E-state index contributed by atoms with van der Waals surface area (Å²) < 4.78 is 45.3. The number of halogens is 1. The number of rotatable bonds is 9. The Bertz CT molecular complexity index is 1640. The number of hydrogen-bond donors (Lipinski definition) is 0. The van der Waals surface area contributed by atoms with E-state index in [-0.39, 0.29) is 0 Å². The molecule has 43 heavy (non-hydrogen) atoms. The molecule has 0 spiro atoms. The van der Waals surface area contributed by atoms with Crippen molar-refractivity contribution < 1.29 is 28.3 Å². The molecule has 0 saturated carbocycles. The predicted octanol–water partition coefficient (Wildman–Crippen LogP) is 2.43. The van der Waals surface area contributed by atoms with Crippen LogP contribution in [0.15, 0.2) is 176 Å². The SMILES string of the molecule is [O-][Cl+3]([O-])([O-])OP(c1ccccc1)(c1ccccc1)(c1ccccc1)c1cccc(P(c2ccccc2)c2ccccc2)c1. The Morgan fingerprint density at radius 1 is 0.395 bits per heavy atom. The van der Waals surface area contributed by atoms with Gasteiger partial charge in [-0.25, -0.2) is 0 Å². The Hall–Kier alpha value is -3.69. The molecule has 6 rings (SSSR count). The minimum atomic E-state index is -4.91. The van der Waals surface area contributed by atoms with E-state index in [1.807, 2.05) is 140 Å². The molecule has 0 aliphatic heterocycles. The Morgan fingerprint density at radius 3 is 1.09 bits per heavy atom. The monoisotopic (exact) mass is 622 g/mol. The van der Waals surface area contributed by atoms with E-state index in [0.717, 1.165) is 15.9 Å². The normalized spacial score (nSPS) is 12.9. The molecule has 0 saturated heterocycles. The van der Waals surface area contributed by atoms with Crippen molar-refractivity contribution in [3.05, 3.63) is 176 Å². The second-order valence-electron chi connectivity index (χ2n) is 10.0. The van der Waals surface area contributed by atoms with Crippen molar-refractivity contribution in [1.82, 2.24) is 0 Å². The van der Waals surface area contributed by atoms with Crippen molar-refractivity contribution in [2.75, 3.05) is 0 Å². The molecule has 7 heteroatoms. The van der Waals surface area contributed by atoms with Crippen molar-refractivity contribution in [2.45, 2.75) is 0 Å². The Kier molecular flexibility index (Phi) is 8.29. The summed E-state index contributed by atoms with van der Waals surface area (Å²) in [5.74, 6) is 0. The molecule has 0 atom stereocenters. The van der Waals surface area contributed by atoms with Gasteiger partial charge in [0.15, 0.2) is 0 Å². The third-order valence-corrected chi connectivity index (χ3v) is 16.9. The van der Waals surface area contributed by atoms with Crippen molar-refractivity contribution in [3.8, 4) is 0 Å². The summed E-state index contributed by atoms with van der Waals surface area (Å²) in [7, 11) is -5.94. The average Bonchev–Trinajstić information content (AvgIpc) is 3.06. The second-order valence-corrected chi connectivity index (χ2v) is 17.7. The Balaban J connectivity index is 1.77. The fourth-order valence-corrected chi connectivity index (χ4v) is 15.7. The van der Waals surface area contributed by atoms with Crippen molar-refractivity contribution >= 4 is 51.9 Å². The van der Waals surface area contributed by atoms with Crippen molar-refractivity contribution in [2.24, 2.45) is 0 Å². The van der Waals surface area contributed by atoms with Crippen LogP contribution in [0.25, 0.3) is 0 Å². The summed E-state index contributed by atoms with van der Waals surface area (Å²) in [6.45, 7) is -4.71. The van der Waals surface area contributed by atoms with E-state index in [2.05, 4.69) is 36.4 Å². The molecule has 0 aliphatic rings. The molecular weight excluding hydrogens is 594 g/mol. The van der Waals surface area contributed by atoms with Crippen LogP contribution < -0.4 is 51.1 Å². The molecule has 214 valence electrons. The first-order valence-corrected chi connectivity index (χ1v) is 18.5. The molecule has 4 nitrogen and oxygen atoms in total. The molecule has 0 aromatic heterocycles. The van der Waals surface area contributed by atoms with Gasteiger partial charge in [0.25, 0.3) is 0 Å². The summed E-state index contributed by atoms with van der Waals surface area (Å²) >= 11 is 0. The summed E-state index contributed by atoms with van der Waals surface area (Å²) in [6, 6.07) is 56.5. The van der Waals surface area contributed by atoms with Crippen LogP contribution in [0.2, 0.25) is 0 Å². The zero-order chi connectivity index (χ0) is 29.8. The van der Waals surface area contributed by atoms with Gasteiger partial charge in [-0.1, -0.05) is 0 Å². The number of hydrogen-bond acceptors (Lipinski definition) is 4. The van der Waals surface area contributed by atoms with Gasteiger partial charge in [0.1, 0.15) is 0 Å². The van der Waals surface area contributed by atoms with E-state index in [0.29, 0.717) is 21.2 Å². The van der Waals surface area contributed by atoms with E-state index < -0.39 is 25.0 Å². The average molecular weight is 623 g/mol. The van der Waals surface area contributed by atoms with Gasteiger partial charge in [0, 0.05) is 0 Å². The van der Waals surface area contributed by atoms with Gasteiger partial charge in [0.2, 0.25) is 0 Å². The summed E-state index contributed by atoms with van der Waals surface area (Å²) in [5.41, 5.74) is 0.